The number of benzene rings is 1. The van der Waals surface area contributed by atoms with Gasteiger partial charge in [0.15, 0.2) is 11.4 Å². The van der Waals surface area contributed by atoms with E-state index in [4.69, 9.17) is 14.2 Å². The van der Waals surface area contributed by atoms with Crippen LogP contribution < -0.4 is 4.74 Å². The van der Waals surface area contributed by atoms with Crippen LogP contribution in [0.2, 0.25) is 0 Å². The van der Waals surface area contributed by atoms with E-state index in [-0.39, 0.29) is 30.2 Å². The molecule has 0 atom stereocenters. The van der Waals surface area contributed by atoms with Crippen molar-refractivity contribution in [2.24, 2.45) is 0 Å². The lowest BCUT2D eigenvalue weighted by Crippen LogP contribution is -2.14. The van der Waals surface area contributed by atoms with Crippen molar-refractivity contribution in [3.05, 3.63) is 51.8 Å². The molecule has 25 heavy (non-hydrogen) atoms. The molecule has 0 radical (unpaired) electrons. The maximum absolute atomic E-state index is 12.5. The summed E-state index contributed by atoms with van der Waals surface area (Å²) in [6.45, 7) is 4.23. The van der Waals surface area contributed by atoms with Crippen molar-refractivity contribution < 1.29 is 23.8 Å². The second kappa shape index (κ2) is 8.71. The van der Waals surface area contributed by atoms with Gasteiger partial charge in [-0.1, -0.05) is 30.3 Å². The van der Waals surface area contributed by atoms with E-state index in [1.54, 1.807) is 18.4 Å². The van der Waals surface area contributed by atoms with Crippen molar-refractivity contribution >= 4 is 27.9 Å². The molecule has 2 rings (SSSR count). The number of ether oxygens (including phenoxy) is 3. The smallest absolute Gasteiger partial charge is 0.358 e. The topological polar surface area (TPSA) is 66.8 Å². The predicted molar refractivity (Wildman–Crippen MR) is 96.1 cm³/mol. The van der Waals surface area contributed by atoms with Gasteiger partial charge in [0.1, 0.15) is 10.2 Å². The number of esters is 2. The molecule has 6 nitrogen and oxygen atoms in total. The lowest BCUT2D eigenvalue weighted by atomic mass is 10.2. The maximum Gasteiger partial charge on any atom is 0.358 e. The Bertz CT molecular complexity index is 755. The Morgan fingerprint density at radius 2 is 1.64 bits per heavy atom. The number of hydrogen-bond donors (Lipinski definition) is 0. The van der Waals surface area contributed by atoms with Crippen molar-refractivity contribution in [1.29, 1.82) is 0 Å². The Kier molecular flexibility index (Phi) is 6.64. The third kappa shape index (κ3) is 4.04. The fourth-order valence-corrected chi connectivity index (χ4v) is 3.11. The predicted octanol–water partition coefficient (Wildman–Crippen LogP) is 3.66. The molecule has 134 valence electrons. The van der Waals surface area contributed by atoms with Gasteiger partial charge in [0, 0.05) is 6.54 Å². The van der Waals surface area contributed by atoms with Crippen molar-refractivity contribution in [3.63, 3.8) is 0 Å². The Morgan fingerprint density at radius 1 is 1.04 bits per heavy atom. The molecule has 0 aliphatic heterocycles. The van der Waals surface area contributed by atoms with Crippen LogP contribution in [-0.4, -0.2) is 36.8 Å². The highest BCUT2D eigenvalue weighted by Crippen LogP contribution is 2.36. The van der Waals surface area contributed by atoms with Gasteiger partial charge in [-0.05, 0) is 35.3 Å². The third-order valence-corrected chi connectivity index (χ3v) is 4.32. The fourth-order valence-electron chi connectivity index (χ4n) is 2.46. The van der Waals surface area contributed by atoms with Crippen LogP contribution in [0.1, 0.15) is 40.3 Å². The molecule has 0 bridgehead atoms. The van der Waals surface area contributed by atoms with Gasteiger partial charge in [-0.15, -0.1) is 0 Å². The second-order valence-corrected chi connectivity index (χ2v) is 5.81. The number of halogens is 1. The van der Waals surface area contributed by atoms with E-state index in [0.29, 0.717) is 11.1 Å². The zero-order valence-corrected chi connectivity index (χ0v) is 16.0. The van der Waals surface area contributed by atoms with E-state index in [1.165, 1.54) is 7.11 Å². The van der Waals surface area contributed by atoms with Gasteiger partial charge >= 0.3 is 11.9 Å². The molecule has 0 saturated heterocycles. The summed E-state index contributed by atoms with van der Waals surface area (Å²) >= 11 is 3.42. The van der Waals surface area contributed by atoms with Crippen molar-refractivity contribution in [1.82, 2.24) is 4.57 Å². The van der Waals surface area contributed by atoms with E-state index in [2.05, 4.69) is 15.9 Å². The quantitative estimate of drug-likeness (QED) is 0.652. The SMILES string of the molecule is CCOC(=O)c1c(OC)c(C(=O)OCC)n(Cc2ccccc2)c1Br. The van der Waals surface area contributed by atoms with E-state index in [0.717, 1.165) is 5.56 Å². The summed E-state index contributed by atoms with van der Waals surface area (Å²) in [7, 11) is 1.40. The van der Waals surface area contributed by atoms with Gasteiger partial charge in [-0.2, -0.15) is 0 Å². The molecule has 0 unspecified atom stereocenters. The minimum Gasteiger partial charge on any atom is -0.493 e. The van der Waals surface area contributed by atoms with E-state index in [9.17, 15) is 9.59 Å². The average molecular weight is 410 g/mol. The first kappa shape index (κ1) is 19.1. The highest BCUT2D eigenvalue weighted by atomic mass is 79.9. The molecule has 0 amide bonds. The molecule has 1 aromatic heterocycles. The molecule has 0 aliphatic carbocycles. The van der Waals surface area contributed by atoms with Crippen LogP contribution in [0.15, 0.2) is 34.9 Å². The van der Waals surface area contributed by atoms with Crippen LogP contribution in [0.5, 0.6) is 5.75 Å². The first-order chi connectivity index (χ1) is 12.0. The van der Waals surface area contributed by atoms with Crippen LogP contribution in [0.4, 0.5) is 0 Å². The van der Waals surface area contributed by atoms with E-state index >= 15 is 0 Å². The zero-order chi connectivity index (χ0) is 18.4. The Labute approximate surface area is 154 Å². The Hall–Kier alpha value is -2.28. The molecule has 7 heteroatoms. The molecule has 0 aliphatic rings. The average Bonchev–Trinajstić information content (AvgIpc) is 2.88. The minimum atomic E-state index is -0.566. The van der Waals surface area contributed by atoms with Gasteiger partial charge in [0.25, 0.3) is 0 Å². The lowest BCUT2D eigenvalue weighted by molar-refractivity contribution is 0.0510. The van der Waals surface area contributed by atoms with Gasteiger partial charge in [0.05, 0.1) is 20.3 Å². The van der Waals surface area contributed by atoms with E-state index in [1.807, 2.05) is 30.3 Å². The van der Waals surface area contributed by atoms with Crippen LogP contribution in [0.3, 0.4) is 0 Å². The number of carbonyl (C=O) groups excluding carboxylic acids is 2. The van der Waals surface area contributed by atoms with Crippen LogP contribution in [0, 0.1) is 0 Å². The molecule has 0 spiro atoms. The summed E-state index contributed by atoms with van der Waals surface area (Å²) in [5, 5.41) is 0. The van der Waals surface area contributed by atoms with Crippen LogP contribution >= 0.6 is 15.9 Å². The highest BCUT2D eigenvalue weighted by Gasteiger charge is 2.32. The van der Waals surface area contributed by atoms with Crippen LogP contribution in [-0.2, 0) is 16.0 Å². The van der Waals surface area contributed by atoms with Gasteiger partial charge in [0.2, 0.25) is 0 Å². The molecular weight excluding hydrogens is 390 g/mol. The molecular formula is C18H20BrNO5. The number of hydrogen-bond acceptors (Lipinski definition) is 5. The minimum absolute atomic E-state index is 0.139. The summed E-state index contributed by atoms with van der Waals surface area (Å²) in [5.41, 5.74) is 1.30. The summed E-state index contributed by atoms with van der Waals surface area (Å²) in [6, 6.07) is 9.57. The largest absolute Gasteiger partial charge is 0.493 e. The van der Waals surface area contributed by atoms with Gasteiger partial charge < -0.3 is 18.8 Å². The van der Waals surface area contributed by atoms with Gasteiger partial charge in [-0.25, -0.2) is 9.59 Å². The number of methoxy groups -OCH3 is 1. The molecule has 0 fully saturated rings. The summed E-state index contributed by atoms with van der Waals surface area (Å²) < 4.78 is 17.7. The molecule has 0 saturated carbocycles. The molecule has 1 aromatic carbocycles. The van der Waals surface area contributed by atoms with Crippen molar-refractivity contribution in [2.75, 3.05) is 20.3 Å². The second-order valence-electron chi connectivity index (χ2n) is 5.06. The highest BCUT2D eigenvalue weighted by molar-refractivity contribution is 9.10. The van der Waals surface area contributed by atoms with Crippen molar-refractivity contribution in [2.45, 2.75) is 20.4 Å². The number of nitrogens with zero attached hydrogens (tertiary/aromatic N) is 1. The first-order valence-electron chi connectivity index (χ1n) is 7.89. The molecule has 2 aromatic rings. The maximum atomic E-state index is 12.5. The van der Waals surface area contributed by atoms with Crippen LogP contribution in [0.25, 0.3) is 0 Å². The van der Waals surface area contributed by atoms with Gasteiger partial charge in [-0.3, -0.25) is 0 Å². The number of carbonyl (C=O) groups is 2. The summed E-state index contributed by atoms with van der Waals surface area (Å²) in [6.07, 6.45) is 0. The number of rotatable bonds is 7. The number of aromatic nitrogens is 1. The normalized spacial score (nSPS) is 10.4. The van der Waals surface area contributed by atoms with Crippen molar-refractivity contribution in [3.8, 4) is 5.75 Å². The Balaban J connectivity index is 2.62. The molecule has 0 N–H and O–H groups in total. The summed E-state index contributed by atoms with van der Waals surface area (Å²) in [4.78, 5) is 24.8. The fraction of sp³-hybridized carbons (Fsp3) is 0.333. The summed E-state index contributed by atoms with van der Waals surface area (Å²) in [5.74, 6) is -0.991. The lowest BCUT2D eigenvalue weighted by Gasteiger charge is -2.11. The molecule has 1 heterocycles. The Morgan fingerprint density at radius 3 is 2.20 bits per heavy atom. The van der Waals surface area contributed by atoms with E-state index < -0.39 is 11.9 Å². The standard InChI is InChI=1S/C18H20BrNO5/c1-4-24-17(21)13-15(23-3)14(18(22)25-5-2)20(16(13)19)11-12-9-7-6-8-10-12/h6-10H,4-5,11H2,1-3H3. The first-order valence-corrected chi connectivity index (χ1v) is 8.68. The third-order valence-electron chi connectivity index (χ3n) is 3.49. The monoisotopic (exact) mass is 409 g/mol. The zero-order valence-electron chi connectivity index (χ0n) is 14.4.